The Bertz CT molecular complexity index is 313. The number of carboxylic acid groups (broad SMARTS) is 1. The van der Waals surface area contributed by atoms with E-state index in [9.17, 15) is 14.7 Å². The van der Waals surface area contributed by atoms with E-state index >= 15 is 0 Å². The summed E-state index contributed by atoms with van der Waals surface area (Å²) in [6, 6.07) is 3.52. The van der Waals surface area contributed by atoms with Crippen molar-refractivity contribution in [3.8, 4) is 0 Å². The zero-order valence-corrected chi connectivity index (χ0v) is 9.90. The second-order valence-corrected chi connectivity index (χ2v) is 2.57. The van der Waals surface area contributed by atoms with Gasteiger partial charge in [-0.2, -0.15) is 0 Å². The molecule has 14 heavy (non-hydrogen) atoms. The number of carbonyl (C=O) groups excluding carboxylic acids is 2. The SMILES string of the molecule is O=C([O-])C(=O)CCc1cccnc1.[Na+]. The quantitative estimate of drug-likeness (QED) is 0.372. The summed E-state index contributed by atoms with van der Waals surface area (Å²) in [5.41, 5.74) is 0.845. The predicted molar refractivity (Wildman–Crippen MR) is 42.6 cm³/mol. The molecule has 1 heterocycles. The number of rotatable bonds is 4. The van der Waals surface area contributed by atoms with E-state index in [1.54, 1.807) is 24.5 Å². The van der Waals surface area contributed by atoms with Crippen molar-refractivity contribution in [2.24, 2.45) is 0 Å². The summed E-state index contributed by atoms with van der Waals surface area (Å²) < 4.78 is 0. The van der Waals surface area contributed by atoms with Gasteiger partial charge in [-0.25, -0.2) is 0 Å². The molecule has 0 radical (unpaired) electrons. The van der Waals surface area contributed by atoms with Crippen molar-refractivity contribution >= 4 is 11.8 Å². The molecule has 0 fully saturated rings. The average Bonchev–Trinajstić information content (AvgIpc) is 2.15. The van der Waals surface area contributed by atoms with Gasteiger partial charge in [0.05, 0.1) is 0 Å². The number of ketones is 1. The van der Waals surface area contributed by atoms with Crippen LogP contribution in [0.1, 0.15) is 12.0 Å². The molecular weight excluding hydrogens is 193 g/mol. The maximum absolute atomic E-state index is 10.6. The maximum Gasteiger partial charge on any atom is 1.00 e. The smallest absolute Gasteiger partial charge is 0.542 e. The molecule has 0 unspecified atom stereocenters. The van der Waals surface area contributed by atoms with Crippen LogP contribution in [-0.4, -0.2) is 16.7 Å². The molecule has 0 aliphatic heterocycles. The van der Waals surface area contributed by atoms with Gasteiger partial charge >= 0.3 is 29.6 Å². The van der Waals surface area contributed by atoms with Crippen molar-refractivity contribution in [3.05, 3.63) is 30.1 Å². The Labute approximate surface area is 104 Å². The summed E-state index contributed by atoms with van der Waals surface area (Å²) in [6.45, 7) is 0. The second-order valence-electron chi connectivity index (χ2n) is 2.57. The number of Topliss-reactive ketones (excluding diaryl/α,β-unsaturated/α-hetero) is 1. The first kappa shape index (κ1) is 13.3. The first-order valence-corrected chi connectivity index (χ1v) is 3.83. The molecule has 0 saturated carbocycles. The van der Waals surface area contributed by atoms with Crippen LogP contribution in [0, 0.1) is 0 Å². The summed E-state index contributed by atoms with van der Waals surface area (Å²) >= 11 is 0. The maximum atomic E-state index is 10.6. The van der Waals surface area contributed by atoms with Gasteiger partial charge in [0.25, 0.3) is 0 Å². The van der Waals surface area contributed by atoms with E-state index in [-0.39, 0.29) is 36.0 Å². The number of carboxylic acids is 1. The number of hydrogen-bond donors (Lipinski definition) is 0. The number of aromatic nitrogens is 1. The topological polar surface area (TPSA) is 70.1 Å². The Hall–Kier alpha value is -0.710. The number of aliphatic carboxylic acids is 1. The first-order chi connectivity index (χ1) is 6.20. The number of hydrogen-bond acceptors (Lipinski definition) is 4. The molecule has 0 bridgehead atoms. The summed E-state index contributed by atoms with van der Waals surface area (Å²) in [7, 11) is 0. The summed E-state index contributed by atoms with van der Waals surface area (Å²) in [5.74, 6) is -2.49. The molecular formula is C9H8NNaO3. The standard InChI is InChI=1S/C9H9NO3.Na/c11-8(9(12)13)4-3-7-2-1-5-10-6-7;/h1-2,5-6H,3-4H2,(H,12,13);/q;+1/p-1. The predicted octanol–water partition coefficient (Wildman–Crippen LogP) is -3.66. The van der Waals surface area contributed by atoms with Crippen molar-refractivity contribution in [2.75, 3.05) is 0 Å². The largest absolute Gasteiger partial charge is 1.00 e. The van der Waals surface area contributed by atoms with Gasteiger partial charge in [-0.1, -0.05) is 6.07 Å². The van der Waals surface area contributed by atoms with Gasteiger partial charge in [0.2, 0.25) is 0 Å². The summed E-state index contributed by atoms with van der Waals surface area (Å²) in [4.78, 5) is 24.5. The van der Waals surface area contributed by atoms with E-state index in [0.29, 0.717) is 6.42 Å². The Kier molecular flexibility index (Phi) is 6.36. The van der Waals surface area contributed by atoms with Crippen molar-refractivity contribution in [1.29, 1.82) is 0 Å². The fraction of sp³-hybridized carbons (Fsp3) is 0.222. The van der Waals surface area contributed by atoms with Gasteiger partial charge in [0, 0.05) is 18.8 Å². The van der Waals surface area contributed by atoms with Crippen LogP contribution >= 0.6 is 0 Å². The van der Waals surface area contributed by atoms with E-state index in [2.05, 4.69) is 4.98 Å². The minimum atomic E-state index is -1.62. The molecule has 1 aromatic rings. The number of aryl methyl sites for hydroxylation is 1. The van der Waals surface area contributed by atoms with Crippen LogP contribution in [0.3, 0.4) is 0 Å². The van der Waals surface area contributed by atoms with Crippen LogP contribution in [0.25, 0.3) is 0 Å². The van der Waals surface area contributed by atoms with Gasteiger partial charge in [0.15, 0.2) is 5.78 Å². The Balaban J connectivity index is 0.00000169. The molecule has 68 valence electrons. The molecule has 1 aromatic heterocycles. The first-order valence-electron chi connectivity index (χ1n) is 3.83. The molecule has 0 atom stereocenters. The van der Waals surface area contributed by atoms with Gasteiger partial charge in [-0.3, -0.25) is 9.78 Å². The van der Waals surface area contributed by atoms with Crippen LogP contribution in [0.15, 0.2) is 24.5 Å². The third-order valence-corrected chi connectivity index (χ3v) is 1.59. The van der Waals surface area contributed by atoms with E-state index in [1.807, 2.05) is 0 Å². The van der Waals surface area contributed by atoms with Gasteiger partial charge in [-0.15, -0.1) is 0 Å². The molecule has 5 heteroatoms. The average molecular weight is 201 g/mol. The summed E-state index contributed by atoms with van der Waals surface area (Å²) in [5, 5.41) is 10.0. The minimum absolute atomic E-state index is 0. The molecule has 4 nitrogen and oxygen atoms in total. The van der Waals surface area contributed by atoms with Crippen molar-refractivity contribution in [3.63, 3.8) is 0 Å². The molecule has 0 aliphatic rings. The molecule has 0 aromatic carbocycles. The van der Waals surface area contributed by atoms with Crippen LogP contribution < -0.4 is 34.7 Å². The van der Waals surface area contributed by atoms with E-state index in [0.717, 1.165) is 5.56 Å². The zero-order valence-electron chi connectivity index (χ0n) is 7.90. The third-order valence-electron chi connectivity index (χ3n) is 1.59. The van der Waals surface area contributed by atoms with Gasteiger partial charge in [0.1, 0.15) is 5.97 Å². The third kappa shape index (κ3) is 4.50. The van der Waals surface area contributed by atoms with Crippen LogP contribution in [-0.2, 0) is 16.0 Å². The minimum Gasteiger partial charge on any atom is -0.542 e. The second kappa shape index (κ2) is 6.70. The molecule has 0 spiro atoms. The van der Waals surface area contributed by atoms with E-state index in [1.165, 1.54) is 0 Å². The van der Waals surface area contributed by atoms with Crippen LogP contribution in [0.5, 0.6) is 0 Å². The van der Waals surface area contributed by atoms with Crippen molar-refractivity contribution < 1.29 is 44.3 Å². The zero-order chi connectivity index (χ0) is 9.68. The van der Waals surface area contributed by atoms with Gasteiger partial charge in [-0.05, 0) is 18.1 Å². The Morgan fingerprint density at radius 1 is 1.43 bits per heavy atom. The van der Waals surface area contributed by atoms with E-state index in [4.69, 9.17) is 0 Å². The van der Waals surface area contributed by atoms with E-state index < -0.39 is 11.8 Å². The Morgan fingerprint density at radius 2 is 2.14 bits per heavy atom. The van der Waals surface area contributed by atoms with Crippen LogP contribution in [0.2, 0.25) is 0 Å². The molecule has 0 amide bonds. The van der Waals surface area contributed by atoms with Crippen molar-refractivity contribution in [2.45, 2.75) is 12.8 Å². The number of carbonyl (C=O) groups is 2. The summed E-state index contributed by atoms with van der Waals surface area (Å²) in [6.07, 6.45) is 3.57. The van der Waals surface area contributed by atoms with Crippen LogP contribution in [0.4, 0.5) is 0 Å². The molecule has 0 aliphatic carbocycles. The number of pyridine rings is 1. The molecule has 1 rings (SSSR count). The van der Waals surface area contributed by atoms with Gasteiger partial charge < -0.3 is 9.90 Å². The fourth-order valence-corrected chi connectivity index (χ4v) is 0.906. The monoisotopic (exact) mass is 201 g/mol. The Morgan fingerprint density at radius 3 is 2.64 bits per heavy atom. The number of nitrogens with zero attached hydrogens (tertiary/aromatic N) is 1. The normalized spacial score (nSPS) is 8.86. The fourth-order valence-electron chi connectivity index (χ4n) is 0.906. The molecule has 0 N–H and O–H groups in total. The van der Waals surface area contributed by atoms with Crippen molar-refractivity contribution in [1.82, 2.24) is 4.98 Å². The molecule has 0 saturated heterocycles.